The van der Waals surface area contributed by atoms with E-state index in [1.807, 2.05) is 0 Å². The lowest BCUT2D eigenvalue weighted by Gasteiger charge is -2.35. The van der Waals surface area contributed by atoms with E-state index in [0.717, 1.165) is 26.3 Å². The summed E-state index contributed by atoms with van der Waals surface area (Å²) in [6.45, 7) is 12.9. The third-order valence-corrected chi connectivity index (χ3v) is 4.16. The molecule has 3 nitrogen and oxygen atoms in total. The summed E-state index contributed by atoms with van der Waals surface area (Å²) >= 11 is 0. The quantitative estimate of drug-likeness (QED) is 0.711. The van der Waals surface area contributed by atoms with Crippen LogP contribution in [0.1, 0.15) is 47.0 Å². The molecule has 2 atom stereocenters. The van der Waals surface area contributed by atoms with Crippen molar-refractivity contribution in [3.05, 3.63) is 0 Å². The Kier molecular flexibility index (Phi) is 6.09. The highest BCUT2D eigenvalue weighted by Gasteiger charge is 2.41. The van der Waals surface area contributed by atoms with E-state index in [4.69, 9.17) is 9.47 Å². The second kappa shape index (κ2) is 6.88. The van der Waals surface area contributed by atoms with Gasteiger partial charge in [0, 0.05) is 32.2 Å². The van der Waals surface area contributed by atoms with Gasteiger partial charge in [0.2, 0.25) is 0 Å². The molecule has 1 saturated heterocycles. The van der Waals surface area contributed by atoms with E-state index in [0.29, 0.717) is 16.9 Å². The monoisotopic (exact) mass is 257 g/mol. The molecule has 2 unspecified atom stereocenters. The topological polar surface area (TPSA) is 30.5 Å². The Labute approximate surface area is 113 Å². The Balaban J connectivity index is 2.48. The van der Waals surface area contributed by atoms with Crippen molar-refractivity contribution in [2.45, 2.75) is 53.1 Å². The van der Waals surface area contributed by atoms with Crippen molar-refractivity contribution < 1.29 is 9.47 Å². The van der Waals surface area contributed by atoms with E-state index in [-0.39, 0.29) is 0 Å². The van der Waals surface area contributed by atoms with Crippen LogP contribution in [0.15, 0.2) is 0 Å². The zero-order valence-electron chi connectivity index (χ0n) is 12.8. The lowest BCUT2D eigenvalue weighted by Crippen LogP contribution is -2.41. The van der Waals surface area contributed by atoms with Crippen LogP contribution in [0.4, 0.5) is 0 Å². The summed E-state index contributed by atoms with van der Waals surface area (Å²) in [5.74, 6) is 0. The highest BCUT2D eigenvalue weighted by atomic mass is 16.5. The van der Waals surface area contributed by atoms with Crippen molar-refractivity contribution in [1.82, 2.24) is 5.32 Å². The molecule has 0 aromatic carbocycles. The third-order valence-electron chi connectivity index (χ3n) is 4.16. The molecule has 3 heteroatoms. The molecule has 1 N–H and O–H groups in total. The number of nitrogens with one attached hydrogen (secondary N) is 1. The molecule has 0 amide bonds. The molecule has 0 saturated carbocycles. The SMILES string of the molecule is COCCNCC1(CCC(C)(C)C)CCOC1C. The van der Waals surface area contributed by atoms with Gasteiger partial charge in [-0.15, -0.1) is 0 Å². The fraction of sp³-hybridized carbons (Fsp3) is 1.00. The van der Waals surface area contributed by atoms with Gasteiger partial charge in [-0.3, -0.25) is 0 Å². The van der Waals surface area contributed by atoms with Crippen molar-refractivity contribution in [1.29, 1.82) is 0 Å². The van der Waals surface area contributed by atoms with Gasteiger partial charge in [0.1, 0.15) is 0 Å². The Morgan fingerprint density at radius 1 is 1.39 bits per heavy atom. The molecule has 1 fully saturated rings. The standard InChI is InChI=1S/C15H31NO2/c1-13-15(8-10-18-13,7-6-14(2,3)4)12-16-9-11-17-5/h13,16H,6-12H2,1-5H3. The van der Waals surface area contributed by atoms with Crippen LogP contribution < -0.4 is 5.32 Å². The zero-order chi connectivity index (χ0) is 13.6. The summed E-state index contributed by atoms with van der Waals surface area (Å²) < 4.78 is 10.9. The number of rotatable bonds is 7. The van der Waals surface area contributed by atoms with Gasteiger partial charge in [0.15, 0.2) is 0 Å². The first-order chi connectivity index (χ1) is 8.40. The molecule has 0 bridgehead atoms. The minimum Gasteiger partial charge on any atom is -0.383 e. The van der Waals surface area contributed by atoms with Gasteiger partial charge in [-0.25, -0.2) is 0 Å². The molecule has 0 radical (unpaired) electrons. The van der Waals surface area contributed by atoms with Crippen LogP contribution in [0.3, 0.4) is 0 Å². The van der Waals surface area contributed by atoms with Crippen LogP contribution in [0.2, 0.25) is 0 Å². The van der Waals surface area contributed by atoms with E-state index in [2.05, 4.69) is 33.0 Å². The third kappa shape index (κ3) is 4.87. The first-order valence-electron chi connectivity index (χ1n) is 7.21. The summed E-state index contributed by atoms with van der Waals surface area (Å²) in [6.07, 6.45) is 4.06. The summed E-state index contributed by atoms with van der Waals surface area (Å²) in [5, 5.41) is 3.53. The lowest BCUT2D eigenvalue weighted by molar-refractivity contribution is 0.0512. The molecule has 1 rings (SSSR count). The van der Waals surface area contributed by atoms with E-state index in [1.54, 1.807) is 7.11 Å². The van der Waals surface area contributed by atoms with Gasteiger partial charge in [-0.1, -0.05) is 20.8 Å². The van der Waals surface area contributed by atoms with Crippen molar-refractivity contribution in [3.8, 4) is 0 Å². The van der Waals surface area contributed by atoms with E-state index >= 15 is 0 Å². The highest BCUT2D eigenvalue weighted by molar-refractivity contribution is 4.92. The average molecular weight is 257 g/mol. The normalized spacial score (nSPS) is 28.8. The van der Waals surface area contributed by atoms with Crippen molar-refractivity contribution in [2.75, 3.05) is 33.4 Å². The second-order valence-corrected chi connectivity index (χ2v) is 6.86. The van der Waals surface area contributed by atoms with Gasteiger partial charge >= 0.3 is 0 Å². The molecule has 108 valence electrons. The first-order valence-corrected chi connectivity index (χ1v) is 7.21. The number of hydrogen-bond acceptors (Lipinski definition) is 3. The van der Waals surface area contributed by atoms with Crippen LogP contribution in [-0.4, -0.2) is 39.5 Å². The maximum Gasteiger partial charge on any atom is 0.0616 e. The summed E-state index contributed by atoms with van der Waals surface area (Å²) in [6, 6.07) is 0. The number of methoxy groups -OCH3 is 1. The highest BCUT2D eigenvalue weighted by Crippen LogP contribution is 2.41. The Morgan fingerprint density at radius 2 is 2.11 bits per heavy atom. The van der Waals surface area contributed by atoms with E-state index < -0.39 is 0 Å². The Hall–Kier alpha value is -0.120. The van der Waals surface area contributed by atoms with Crippen LogP contribution >= 0.6 is 0 Å². The average Bonchev–Trinajstić information content (AvgIpc) is 2.64. The molecular weight excluding hydrogens is 226 g/mol. The van der Waals surface area contributed by atoms with Gasteiger partial charge < -0.3 is 14.8 Å². The fourth-order valence-corrected chi connectivity index (χ4v) is 2.60. The van der Waals surface area contributed by atoms with E-state index in [9.17, 15) is 0 Å². The molecule has 0 aromatic rings. The molecule has 1 aliphatic rings. The van der Waals surface area contributed by atoms with Crippen molar-refractivity contribution >= 4 is 0 Å². The smallest absolute Gasteiger partial charge is 0.0616 e. The first kappa shape index (κ1) is 15.9. The zero-order valence-corrected chi connectivity index (χ0v) is 12.8. The second-order valence-electron chi connectivity index (χ2n) is 6.86. The minimum atomic E-state index is 0.320. The van der Waals surface area contributed by atoms with Gasteiger partial charge in [0.05, 0.1) is 12.7 Å². The largest absolute Gasteiger partial charge is 0.383 e. The minimum absolute atomic E-state index is 0.320. The van der Waals surface area contributed by atoms with Gasteiger partial charge in [-0.05, 0) is 31.6 Å². The summed E-state index contributed by atoms with van der Waals surface area (Å²) in [4.78, 5) is 0. The molecular formula is C15H31NO2. The molecule has 0 aliphatic carbocycles. The predicted molar refractivity (Wildman–Crippen MR) is 75.9 cm³/mol. The predicted octanol–water partition coefficient (Wildman–Crippen LogP) is 2.84. The number of ether oxygens (including phenoxy) is 2. The molecule has 1 heterocycles. The molecule has 0 spiro atoms. The Morgan fingerprint density at radius 3 is 2.61 bits per heavy atom. The molecule has 18 heavy (non-hydrogen) atoms. The maximum atomic E-state index is 5.82. The summed E-state index contributed by atoms with van der Waals surface area (Å²) in [7, 11) is 1.75. The molecule has 0 aromatic heterocycles. The summed E-state index contributed by atoms with van der Waals surface area (Å²) in [5.41, 5.74) is 0.725. The Bertz CT molecular complexity index is 237. The fourth-order valence-electron chi connectivity index (χ4n) is 2.60. The van der Waals surface area contributed by atoms with Gasteiger partial charge in [0.25, 0.3) is 0 Å². The van der Waals surface area contributed by atoms with Gasteiger partial charge in [-0.2, -0.15) is 0 Å². The molecule has 1 aliphatic heterocycles. The van der Waals surface area contributed by atoms with Crippen molar-refractivity contribution in [2.24, 2.45) is 10.8 Å². The van der Waals surface area contributed by atoms with E-state index in [1.165, 1.54) is 19.3 Å². The van der Waals surface area contributed by atoms with Crippen molar-refractivity contribution in [3.63, 3.8) is 0 Å². The van der Waals surface area contributed by atoms with Crippen LogP contribution in [-0.2, 0) is 9.47 Å². The maximum absolute atomic E-state index is 5.82. The lowest BCUT2D eigenvalue weighted by atomic mass is 9.73. The number of hydrogen-bond donors (Lipinski definition) is 1. The van der Waals surface area contributed by atoms with Crippen LogP contribution in [0, 0.1) is 10.8 Å². The van der Waals surface area contributed by atoms with Crippen LogP contribution in [0.5, 0.6) is 0 Å². The van der Waals surface area contributed by atoms with Crippen LogP contribution in [0.25, 0.3) is 0 Å².